The molecule has 0 atom stereocenters. The van der Waals surface area contributed by atoms with E-state index in [0.717, 1.165) is 26.0 Å². The Balaban J connectivity index is 2.16. The molecule has 0 unspecified atom stereocenters. The molecule has 0 amide bonds. The average molecular weight is 371 g/mol. The number of halogens is 2. The number of H-pyrrole nitrogens is 1. The van der Waals surface area contributed by atoms with Gasteiger partial charge in [0.05, 0.1) is 14.6 Å². The van der Waals surface area contributed by atoms with Gasteiger partial charge in [-0.3, -0.25) is 0 Å². The van der Waals surface area contributed by atoms with Crippen molar-refractivity contribution in [2.75, 3.05) is 0 Å². The third-order valence-electron chi connectivity index (χ3n) is 2.67. The third kappa shape index (κ3) is 2.06. The van der Waals surface area contributed by atoms with Crippen molar-refractivity contribution in [3.8, 4) is 17.1 Å². The van der Waals surface area contributed by atoms with Crippen LogP contribution in [0.3, 0.4) is 0 Å². The van der Waals surface area contributed by atoms with Crippen LogP contribution in [0, 0.1) is 3.57 Å². The smallest absolute Gasteiger partial charge is 0.138 e. The zero-order valence-corrected chi connectivity index (χ0v) is 12.0. The fourth-order valence-electron chi connectivity index (χ4n) is 1.77. The Bertz CT molecular complexity index is 739. The lowest BCUT2D eigenvalue weighted by Gasteiger charge is -1.99. The van der Waals surface area contributed by atoms with Crippen molar-refractivity contribution >= 4 is 45.2 Å². The molecule has 0 aliphatic heterocycles. The lowest BCUT2D eigenvalue weighted by atomic mass is 10.2. The molecule has 1 aromatic heterocycles. The van der Waals surface area contributed by atoms with Crippen LogP contribution in [0.4, 0.5) is 0 Å². The van der Waals surface area contributed by atoms with Crippen molar-refractivity contribution in [1.29, 1.82) is 0 Å². The fraction of sp³-hybridized carbons (Fsp3) is 0. The summed E-state index contributed by atoms with van der Waals surface area (Å²) in [5, 5.41) is 10.2. The molecule has 0 spiro atoms. The van der Waals surface area contributed by atoms with E-state index < -0.39 is 0 Å². The van der Waals surface area contributed by atoms with E-state index in [-0.39, 0.29) is 5.75 Å². The number of imidazole rings is 1. The molecule has 0 radical (unpaired) electrons. The first-order valence-electron chi connectivity index (χ1n) is 5.27. The number of rotatable bonds is 1. The molecule has 0 aliphatic carbocycles. The highest BCUT2D eigenvalue weighted by atomic mass is 127. The number of hydrogen-bond donors (Lipinski definition) is 2. The van der Waals surface area contributed by atoms with E-state index in [1.165, 1.54) is 0 Å². The number of phenolic OH excluding ortho intramolecular Hbond substituents is 1. The third-order valence-corrected chi connectivity index (χ3v) is 3.76. The van der Waals surface area contributed by atoms with Gasteiger partial charge < -0.3 is 10.1 Å². The van der Waals surface area contributed by atoms with Crippen LogP contribution in [-0.4, -0.2) is 15.1 Å². The second kappa shape index (κ2) is 4.44. The number of benzene rings is 2. The maximum absolute atomic E-state index is 9.51. The number of nitrogens with zero attached hydrogens (tertiary/aromatic N) is 1. The van der Waals surface area contributed by atoms with Gasteiger partial charge >= 0.3 is 0 Å². The number of aromatic nitrogens is 2. The summed E-state index contributed by atoms with van der Waals surface area (Å²) in [6, 6.07) is 10.9. The van der Waals surface area contributed by atoms with Crippen LogP contribution in [0.1, 0.15) is 0 Å². The van der Waals surface area contributed by atoms with Crippen molar-refractivity contribution in [2.45, 2.75) is 0 Å². The quantitative estimate of drug-likeness (QED) is 0.631. The fourth-order valence-corrected chi connectivity index (χ4v) is 2.46. The summed E-state index contributed by atoms with van der Waals surface area (Å²) in [6.45, 7) is 0. The summed E-state index contributed by atoms with van der Waals surface area (Å²) in [5.74, 6) is 1.05. The first-order chi connectivity index (χ1) is 8.63. The van der Waals surface area contributed by atoms with Crippen LogP contribution >= 0.6 is 34.2 Å². The van der Waals surface area contributed by atoms with Crippen molar-refractivity contribution in [3.63, 3.8) is 0 Å². The van der Waals surface area contributed by atoms with Gasteiger partial charge in [-0.1, -0.05) is 11.6 Å². The number of hydrogen-bond acceptors (Lipinski definition) is 2. The molecule has 0 saturated heterocycles. The Kier molecular flexibility index (Phi) is 2.91. The van der Waals surface area contributed by atoms with Crippen molar-refractivity contribution in [3.05, 3.63) is 45.0 Å². The molecule has 90 valence electrons. The summed E-state index contributed by atoms with van der Waals surface area (Å²) < 4.78 is 0.795. The average Bonchev–Trinajstić information content (AvgIpc) is 2.75. The summed E-state index contributed by atoms with van der Waals surface area (Å²) in [4.78, 5) is 7.71. The topological polar surface area (TPSA) is 48.9 Å². The van der Waals surface area contributed by atoms with E-state index in [0.29, 0.717) is 5.02 Å². The highest BCUT2D eigenvalue weighted by molar-refractivity contribution is 14.1. The van der Waals surface area contributed by atoms with Gasteiger partial charge in [0, 0.05) is 10.6 Å². The Labute approximate surface area is 122 Å². The van der Waals surface area contributed by atoms with E-state index in [2.05, 4.69) is 32.6 Å². The summed E-state index contributed by atoms with van der Waals surface area (Å²) in [7, 11) is 0. The SMILES string of the molecule is Oc1ccc(-c2nc3ccc(Cl)cc3[nH]2)cc1I. The highest BCUT2D eigenvalue weighted by Crippen LogP contribution is 2.27. The molecule has 3 nitrogen and oxygen atoms in total. The maximum Gasteiger partial charge on any atom is 0.138 e. The Morgan fingerprint density at radius 3 is 2.78 bits per heavy atom. The van der Waals surface area contributed by atoms with E-state index in [4.69, 9.17) is 11.6 Å². The minimum atomic E-state index is 0.276. The van der Waals surface area contributed by atoms with Crippen LogP contribution in [0.25, 0.3) is 22.4 Å². The number of phenols is 1. The molecule has 2 N–H and O–H groups in total. The number of fused-ring (bicyclic) bond motifs is 1. The minimum absolute atomic E-state index is 0.276. The standard InChI is InChI=1S/C13H8ClIN2O/c14-8-2-3-10-11(6-8)17-13(16-10)7-1-4-12(18)9(15)5-7/h1-6,18H,(H,16,17). The summed E-state index contributed by atoms with van der Waals surface area (Å²) in [5.41, 5.74) is 2.71. The predicted octanol–water partition coefficient (Wildman–Crippen LogP) is 4.19. The van der Waals surface area contributed by atoms with Gasteiger partial charge in [-0.15, -0.1) is 0 Å². The van der Waals surface area contributed by atoms with Gasteiger partial charge in [-0.25, -0.2) is 4.98 Å². The Hall–Kier alpha value is -1.27. The minimum Gasteiger partial charge on any atom is -0.507 e. The van der Waals surface area contributed by atoms with Gasteiger partial charge in [0.25, 0.3) is 0 Å². The van der Waals surface area contributed by atoms with Crippen LogP contribution in [0.5, 0.6) is 5.75 Å². The predicted molar refractivity (Wildman–Crippen MR) is 80.9 cm³/mol. The monoisotopic (exact) mass is 370 g/mol. The molecule has 3 aromatic rings. The second-order valence-electron chi connectivity index (χ2n) is 3.91. The first-order valence-corrected chi connectivity index (χ1v) is 6.73. The van der Waals surface area contributed by atoms with E-state index in [1.54, 1.807) is 6.07 Å². The maximum atomic E-state index is 9.51. The summed E-state index contributed by atoms with van der Waals surface area (Å²) >= 11 is 8.03. The highest BCUT2D eigenvalue weighted by Gasteiger charge is 2.07. The summed E-state index contributed by atoms with van der Waals surface area (Å²) in [6.07, 6.45) is 0. The van der Waals surface area contributed by atoms with Crippen molar-refractivity contribution in [2.24, 2.45) is 0 Å². The Morgan fingerprint density at radius 1 is 1.17 bits per heavy atom. The van der Waals surface area contributed by atoms with Gasteiger partial charge in [0.2, 0.25) is 0 Å². The number of aromatic amines is 1. The van der Waals surface area contributed by atoms with Crippen LogP contribution < -0.4 is 0 Å². The van der Waals surface area contributed by atoms with Crippen LogP contribution in [0.2, 0.25) is 5.02 Å². The molecule has 5 heteroatoms. The zero-order valence-electron chi connectivity index (χ0n) is 9.11. The number of aromatic hydroxyl groups is 1. The Morgan fingerprint density at radius 2 is 2.00 bits per heavy atom. The van der Waals surface area contributed by atoms with E-state index in [1.807, 2.05) is 30.3 Å². The van der Waals surface area contributed by atoms with Gasteiger partial charge in [0.1, 0.15) is 11.6 Å². The molecule has 18 heavy (non-hydrogen) atoms. The normalized spacial score (nSPS) is 11.0. The van der Waals surface area contributed by atoms with E-state index in [9.17, 15) is 5.11 Å². The molecule has 2 aromatic carbocycles. The van der Waals surface area contributed by atoms with Gasteiger partial charge in [-0.2, -0.15) is 0 Å². The number of nitrogens with one attached hydrogen (secondary N) is 1. The molecular weight excluding hydrogens is 363 g/mol. The molecule has 1 heterocycles. The zero-order chi connectivity index (χ0) is 12.7. The molecule has 0 aliphatic rings. The molecule has 0 bridgehead atoms. The molecule has 0 fully saturated rings. The molecule has 0 saturated carbocycles. The van der Waals surface area contributed by atoms with Crippen molar-refractivity contribution in [1.82, 2.24) is 9.97 Å². The van der Waals surface area contributed by atoms with E-state index >= 15 is 0 Å². The van der Waals surface area contributed by atoms with Gasteiger partial charge in [-0.05, 0) is 59.0 Å². The molecule has 3 rings (SSSR count). The van der Waals surface area contributed by atoms with Gasteiger partial charge in [0.15, 0.2) is 0 Å². The largest absolute Gasteiger partial charge is 0.507 e. The van der Waals surface area contributed by atoms with Crippen LogP contribution in [-0.2, 0) is 0 Å². The van der Waals surface area contributed by atoms with Crippen LogP contribution in [0.15, 0.2) is 36.4 Å². The lowest BCUT2D eigenvalue weighted by Crippen LogP contribution is -1.82. The second-order valence-corrected chi connectivity index (χ2v) is 5.51. The molecular formula is C13H8ClIN2O. The first kappa shape index (κ1) is 11.8. The lowest BCUT2D eigenvalue weighted by molar-refractivity contribution is 0.471. The van der Waals surface area contributed by atoms with Crippen molar-refractivity contribution < 1.29 is 5.11 Å².